The topological polar surface area (TPSA) is 15.3 Å². The molecule has 2 saturated heterocycles. The molecule has 3 atom stereocenters. The van der Waals surface area contributed by atoms with E-state index in [1.54, 1.807) is 12.1 Å². The summed E-state index contributed by atoms with van der Waals surface area (Å²) in [5.41, 5.74) is 1.22. The van der Waals surface area contributed by atoms with Crippen LogP contribution in [0.15, 0.2) is 24.3 Å². The van der Waals surface area contributed by atoms with Gasteiger partial charge in [0.25, 0.3) is 0 Å². The SMILES string of the molecule is CC(c1ccc(F)cc1)N1CCC2NCCC2C1. The Morgan fingerprint density at radius 3 is 2.83 bits per heavy atom. The van der Waals surface area contributed by atoms with E-state index < -0.39 is 0 Å². The van der Waals surface area contributed by atoms with E-state index in [-0.39, 0.29) is 5.82 Å². The first-order valence-corrected chi connectivity index (χ1v) is 6.97. The van der Waals surface area contributed by atoms with Gasteiger partial charge in [0.05, 0.1) is 0 Å². The van der Waals surface area contributed by atoms with Crippen molar-refractivity contribution in [1.82, 2.24) is 10.2 Å². The Kier molecular flexibility index (Phi) is 3.35. The van der Waals surface area contributed by atoms with Crippen LogP contribution in [0.2, 0.25) is 0 Å². The van der Waals surface area contributed by atoms with E-state index in [1.807, 2.05) is 12.1 Å². The Morgan fingerprint density at radius 1 is 1.28 bits per heavy atom. The Morgan fingerprint density at radius 2 is 2.06 bits per heavy atom. The molecular weight excluding hydrogens is 227 g/mol. The van der Waals surface area contributed by atoms with Gasteiger partial charge in [-0.2, -0.15) is 0 Å². The van der Waals surface area contributed by atoms with Crippen LogP contribution in [-0.2, 0) is 0 Å². The minimum absolute atomic E-state index is 0.148. The smallest absolute Gasteiger partial charge is 0.123 e. The minimum Gasteiger partial charge on any atom is -0.314 e. The molecule has 2 fully saturated rings. The van der Waals surface area contributed by atoms with E-state index in [2.05, 4.69) is 17.1 Å². The van der Waals surface area contributed by atoms with Crippen molar-refractivity contribution in [2.45, 2.75) is 31.8 Å². The fourth-order valence-corrected chi connectivity index (χ4v) is 3.38. The molecular formula is C15H21FN2. The largest absolute Gasteiger partial charge is 0.314 e. The van der Waals surface area contributed by atoms with Gasteiger partial charge >= 0.3 is 0 Å². The van der Waals surface area contributed by atoms with Gasteiger partial charge in [-0.3, -0.25) is 4.90 Å². The summed E-state index contributed by atoms with van der Waals surface area (Å²) in [6, 6.07) is 8.09. The molecule has 3 heteroatoms. The van der Waals surface area contributed by atoms with Crippen LogP contribution in [0.1, 0.15) is 31.4 Å². The summed E-state index contributed by atoms with van der Waals surface area (Å²) in [5, 5.41) is 3.59. The molecule has 1 aromatic rings. The zero-order valence-corrected chi connectivity index (χ0v) is 10.9. The van der Waals surface area contributed by atoms with Crippen LogP contribution in [0.5, 0.6) is 0 Å². The highest BCUT2D eigenvalue weighted by Gasteiger charge is 2.34. The van der Waals surface area contributed by atoms with Crippen LogP contribution in [0.3, 0.4) is 0 Å². The van der Waals surface area contributed by atoms with Gasteiger partial charge in [0.1, 0.15) is 5.82 Å². The number of nitrogens with zero attached hydrogens (tertiary/aromatic N) is 1. The summed E-state index contributed by atoms with van der Waals surface area (Å²) in [6.07, 6.45) is 2.55. The van der Waals surface area contributed by atoms with Crippen LogP contribution >= 0.6 is 0 Å². The van der Waals surface area contributed by atoms with E-state index >= 15 is 0 Å². The normalized spacial score (nSPS) is 30.1. The number of nitrogens with one attached hydrogen (secondary N) is 1. The summed E-state index contributed by atoms with van der Waals surface area (Å²) in [7, 11) is 0. The molecule has 1 N–H and O–H groups in total. The Balaban J connectivity index is 1.69. The molecule has 0 radical (unpaired) electrons. The first-order valence-electron chi connectivity index (χ1n) is 6.97. The number of fused-ring (bicyclic) bond motifs is 1. The Labute approximate surface area is 108 Å². The average Bonchev–Trinajstić information content (AvgIpc) is 2.86. The number of rotatable bonds is 2. The number of benzene rings is 1. The lowest BCUT2D eigenvalue weighted by Gasteiger charge is -2.38. The highest BCUT2D eigenvalue weighted by Crippen LogP contribution is 2.30. The van der Waals surface area contributed by atoms with E-state index in [9.17, 15) is 4.39 Å². The maximum atomic E-state index is 12.9. The van der Waals surface area contributed by atoms with Gasteiger partial charge in [-0.1, -0.05) is 12.1 Å². The molecule has 0 aliphatic carbocycles. The van der Waals surface area contributed by atoms with Crippen molar-refractivity contribution in [3.05, 3.63) is 35.6 Å². The average molecular weight is 248 g/mol. The van der Waals surface area contributed by atoms with Crippen molar-refractivity contribution in [2.75, 3.05) is 19.6 Å². The van der Waals surface area contributed by atoms with Crippen LogP contribution in [0.4, 0.5) is 4.39 Å². The molecule has 0 bridgehead atoms. The maximum Gasteiger partial charge on any atom is 0.123 e. The summed E-state index contributed by atoms with van der Waals surface area (Å²) in [4.78, 5) is 2.54. The van der Waals surface area contributed by atoms with Gasteiger partial charge in [-0.25, -0.2) is 4.39 Å². The van der Waals surface area contributed by atoms with Crippen LogP contribution < -0.4 is 5.32 Å². The molecule has 0 aromatic heterocycles. The molecule has 0 saturated carbocycles. The van der Waals surface area contributed by atoms with E-state index in [0.717, 1.165) is 18.5 Å². The van der Waals surface area contributed by atoms with Crippen LogP contribution in [0, 0.1) is 11.7 Å². The molecule has 2 heterocycles. The number of halogens is 1. The third-order valence-electron chi connectivity index (χ3n) is 4.59. The number of piperidine rings is 1. The van der Waals surface area contributed by atoms with E-state index in [0.29, 0.717) is 6.04 Å². The van der Waals surface area contributed by atoms with Crippen molar-refractivity contribution in [3.63, 3.8) is 0 Å². The molecule has 98 valence electrons. The third kappa shape index (κ3) is 2.29. The monoisotopic (exact) mass is 248 g/mol. The van der Waals surface area contributed by atoms with Crippen LogP contribution in [0.25, 0.3) is 0 Å². The maximum absolute atomic E-state index is 12.9. The first kappa shape index (κ1) is 12.1. The van der Waals surface area contributed by atoms with Gasteiger partial charge < -0.3 is 5.32 Å². The summed E-state index contributed by atoms with van der Waals surface area (Å²) < 4.78 is 12.9. The van der Waals surface area contributed by atoms with Crippen LogP contribution in [-0.4, -0.2) is 30.6 Å². The van der Waals surface area contributed by atoms with Gasteiger partial charge in [-0.15, -0.1) is 0 Å². The second-order valence-electron chi connectivity index (χ2n) is 5.62. The molecule has 2 aliphatic heterocycles. The second kappa shape index (κ2) is 4.98. The van der Waals surface area contributed by atoms with Crippen molar-refractivity contribution < 1.29 is 4.39 Å². The molecule has 0 amide bonds. The lowest BCUT2D eigenvalue weighted by atomic mass is 9.91. The van der Waals surface area contributed by atoms with Crippen molar-refractivity contribution in [1.29, 1.82) is 0 Å². The predicted molar refractivity (Wildman–Crippen MR) is 70.9 cm³/mol. The minimum atomic E-state index is -0.148. The quantitative estimate of drug-likeness (QED) is 0.865. The highest BCUT2D eigenvalue weighted by molar-refractivity contribution is 5.19. The van der Waals surface area contributed by atoms with E-state index in [1.165, 1.54) is 31.5 Å². The zero-order valence-electron chi connectivity index (χ0n) is 10.9. The summed E-state index contributed by atoms with van der Waals surface area (Å²) in [5.74, 6) is 0.659. The zero-order chi connectivity index (χ0) is 12.5. The molecule has 3 unspecified atom stereocenters. The van der Waals surface area contributed by atoms with Gasteiger partial charge in [0.15, 0.2) is 0 Å². The number of hydrogen-bond acceptors (Lipinski definition) is 2. The lowest BCUT2D eigenvalue weighted by molar-refractivity contribution is 0.122. The predicted octanol–water partition coefficient (Wildman–Crippen LogP) is 2.57. The number of likely N-dealkylation sites (tertiary alicyclic amines) is 1. The molecule has 18 heavy (non-hydrogen) atoms. The van der Waals surface area contributed by atoms with Gasteiger partial charge in [0.2, 0.25) is 0 Å². The molecule has 2 aliphatic rings. The van der Waals surface area contributed by atoms with Crippen molar-refractivity contribution in [2.24, 2.45) is 5.92 Å². The fourth-order valence-electron chi connectivity index (χ4n) is 3.38. The van der Waals surface area contributed by atoms with Gasteiger partial charge in [0, 0.05) is 25.2 Å². The molecule has 1 aromatic carbocycles. The number of hydrogen-bond donors (Lipinski definition) is 1. The fraction of sp³-hybridized carbons (Fsp3) is 0.600. The Bertz CT molecular complexity index is 403. The van der Waals surface area contributed by atoms with Crippen molar-refractivity contribution in [3.8, 4) is 0 Å². The molecule has 0 spiro atoms. The van der Waals surface area contributed by atoms with Crippen molar-refractivity contribution >= 4 is 0 Å². The third-order valence-corrected chi connectivity index (χ3v) is 4.59. The molecule has 3 rings (SSSR count). The summed E-state index contributed by atoms with van der Waals surface area (Å²) in [6.45, 7) is 5.73. The Hall–Kier alpha value is -0.930. The van der Waals surface area contributed by atoms with Gasteiger partial charge in [-0.05, 0) is 49.9 Å². The second-order valence-corrected chi connectivity index (χ2v) is 5.62. The highest BCUT2D eigenvalue weighted by atomic mass is 19.1. The summed E-state index contributed by atoms with van der Waals surface area (Å²) >= 11 is 0. The first-order chi connectivity index (χ1) is 8.74. The van der Waals surface area contributed by atoms with E-state index in [4.69, 9.17) is 0 Å². The lowest BCUT2D eigenvalue weighted by Crippen LogP contribution is -2.45. The standard InChI is InChI=1S/C15H21FN2/c1-11(12-2-4-14(16)5-3-12)18-9-7-15-13(10-18)6-8-17-15/h2-5,11,13,15,17H,6-10H2,1H3. The molecule has 2 nitrogen and oxygen atoms in total.